The number of aryl methyl sites for hydroxylation is 1. The Morgan fingerprint density at radius 3 is 2.40 bits per heavy atom. The number of benzene rings is 1. The minimum Gasteiger partial charge on any atom is -0.386 e. The molecule has 0 radical (unpaired) electrons. The lowest BCUT2D eigenvalue weighted by Crippen LogP contribution is -2.33. The molecule has 0 aromatic heterocycles. The van der Waals surface area contributed by atoms with Crippen LogP contribution in [0.2, 0.25) is 0 Å². The van der Waals surface area contributed by atoms with Crippen LogP contribution in [0.5, 0.6) is 0 Å². The lowest BCUT2D eigenvalue weighted by molar-refractivity contribution is -0.171. The standard InChI is InChI=1S/C12H12F6O2/c1-6-2-3-7(13)9(10(6)14)8(19)4-20-5-12(17,18)11(15)16/h2-3,8,11,19H,4-5H2,1H3. The summed E-state index contributed by atoms with van der Waals surface area (Å²) in [5.74, 6) is -6.50. The van der Waals surface area contributed by atoms with Crippen molar-refractivity contribution in [2.45, 2.75) is 25.4 Å². The molecule has 0 aliphatic carbocycles. The van der Waals surface area contributed by atoms with Crippen LogP contribution in [0.4, 0.5) is 26.3 Å². The van der Waals surface area contributed by atoms with Gasteiger partial charge in [0, 0.05) is 0 Å². The molecule has 1 rings (SSSR count). The van der Waals surface area contributed by atoms with Gasteiger partial charge in [-0.15, -0.1) is 0 Å². The number of hydrogen-bond acceptors (Lipinski definition) is 2. The molecule has 1 N–H and O–H groups in total. The number of aliphatic hydroxyl groups is 1. The Hall–Kier alpha value is -1.28. The Bertz CT molecular complexity index is 464. The van der Waals surface area contributed by atoms with E-state index in [1.807, 2.05) is 0 Å². The molecular formula is C12H12F6O2. The molecule has 1 aromatic carbocycles. The third kappa shape index (κ3) is 3.86. The summed E-state index contributed by atoms with van der Waals surface area (Å²) in [5, 5.41) is 9.50. The number of hydrogen-bond donors (Lipinski definition) is 1. The zero-order chi connectivity index (χ0) is 15.5. The van der Waals surface area contributed by atoms with Crippen LogP contribution in [0.1, 0.15) is 17.2 Å². The highest BCUT2D eigenvalue weighted by Crippen LogP contribution is 2.26. The molecule has 0 bridgehead atoms. The Balaban J connectivity index is 2.69. The van der Waals surface area contributed by atoms with E-state index in [-0.39, 0.29) is 5.56 Å². The van der Waals surface area contributed by atoms with Gasteiger partial charge in [-0.1, -0.05) is 6.07 Å². The van der Waals surface area contributed by atoms with Gasteiger partial charge in [-0.2, -0.15) is 8.78 Å². The van der Waals surface area contributed by atoms with Gasteiger partial charge in [0.05, 0.1) is 12.2 Å². The lowest BCUT2D eigenvalue weighted by atomic mass is 10.1. The molecule has 0 aliphatic rings. The number of aliphatic hydroxyl groups excluding tert-OH is 1. The smallest absolute Gasteiger partial charge is 0.330 e. The molecule has 0 amide bonds. The summed E-state index contributed by atoms with van der Waals surface area (Å²) in [6.07, 6.45) is -5.80. The van der Waals surface area contributed by atoms with Gasteiger partial charge in [-0.05, 0) is 18.6 Å². The first-order valence-corrected chi connectivity index (χ1v) is 5.53. The Kier molecular flexibility index (Phi) is 5.41. The summed E-state index contributed by atoms with van der Waals surface area (Å²) in [6, 6.07) is 2.03. The van der Waals surface area contributed by atoms with E-state index in [4.69, 9.17) is 0 Å². The fourth-order valence-corrected chi connectivity index (χ4v) is 1.44. The second-order valence-corrected chi connectivity index (χ2v) is 4.18. The van der Waals surface area contributed by atoms with Crippen molar-refractivity contribution in [3.05, 3.63) is 34.9 Å². The van der Waals surface area contributed by atoms with Crippen LogP contribution >= 0.6 is 0 Å². The van der Waals surface area contributed by atoms with Gasteiger partial charge in [0.1, 0.15) is 24.3 Å². The van der Waals surface area contributed by atoms with Crippen molar-refractivity contribution in [2.24, 2.45) is 0 Å². The molecule has 0 heterocycles. The van der Waals surface area contributed by atoms with Crippen molar-refractivity contribution >= 4 is 0 Å². The van der Waals surface area contributed by atoms with Crippen LogP contribution < -0.4 is 0 Å². The summed E-state index contributed by atoms with van der Waals surface area (Å²) in [5.41, 5.74) is -0.705. The quantitative estimate of drug-likeness (QED) is 0.818. The first-order chi connectivity index (χ1) is 9.16. The van der Waals surface area contributed by atoms with Crippen molar-refractivity contribution < 1.29 is 36.2 Å². The van der Waals surface area contributed by atoms with E-state index in [1.165, 1.54) is 6.92 Å². The van der Waals surface area contributed by atoms with E-state index >= 15 is 0 Å². The molecule has 1 unspecified atom stereocenters. The maximum atomic E-state index is 13.6. The molecule has 0 aliphatic heterocycles. The average molecular weight is 302 g/mol. The normalized spacial score (nSPS) is 13.8. The zero-order valence-electron chi connectivity index (χ0n) is 10.3. The highest BCUT2D eigenvalue weighted by Gasteiger charge is 2.41. The van der Waals surface area contributed by atoms with Crippen LogP contribution in [-0.2, 0) is 4.74 Å². The van der Waals surface area contributed by atoms with Crippen LogP contribution in [0.25, 0.3) is 0 Å². The lowest BCUT2D eigenvalue weighted by Gasteiger charge is -2.18. The summed E-state index contributed by atoms with van der Waals surface area (Å²) in [7, 11) is 0. The SMILES string of the molecule is Cc1ccc(F)c(C(O)COCC(F)(F)C(F)F)c1F. The van der Waals surface area contributed by atoms with E-state index in [2.05, 4.69) is 4.74 Å². The molecule has 1 aromatic rings. The summed E-state index contributed by atoms with van der Waals surface area (Å²) in [4.78, 5) is 0. The minimum atomic E-state index is -4.39. The molecule has 2 nitrogen and oxygen atoms in total. The maximum Gasteiger partial charge on any atom is 0.330 e. The first-order valence-electron chi connectivity index (χ1n) is 5.53. The zero-order valence-corrected chi connectivity index (χ0v) is 10.3. The molecule has 8 heteroatoms. The highest BCUT2D eigenvalue weighted by molar-refractivity contribution is 5.28. The first kappa shape index (κ1) is 16.8. The molecule has 1 atom stereocenters. The molecular weight excluding hydrogens is 290 g/mol. The van der Waals surface area contributed by atoms with Crippen molar-refractivity contribution in [1.29, 1.82) is 0 Å². The largest absolute Gasteiger partial charge is 0.386 e. The van der Waals surface area contributed by atoms with Gasteiger partial charge < -0.3 is 9.84 Å². The van der Waals surface area contributed by atoms with E-state index in [0.717, 1.165) is 12.1 Å². The summed E-state index contributed by atoms with van der Waals surface area (Å²) >= 11 is 0. The third-order valence-electron chi connectivity index (χ3n) is 2.54. The van der Waals surface area contributed by atoms with Gasteiger partial charge in [0.15, 0.2) is 0 Å². The molecule has 114 valence electrons. The average Bonchev–Trinajstić information content (AvgIpc) is 2.34. The molecule has 0 fully saturated rings. The number of alkyl halides is 4. The monoisotopic (exact) mass is 302 g/mol. The number of halogens is 6. The number of rotatable bonds is 6. The van der Waals surface area contributed by atoms with Gasteiger partial charge in [0.25, 0.3) is 0 Å². The van der Waals surface area contributed by atoms with E-state index in [9.17, 15) is 31.4 Å². The maximum absolute atomic E-state index is 13.6. The van der Waals surface area contributed by atoms with Crippen molar-refractivity contribution in [2.75, 3.05) is 13.2 Å². The second-order valence-electron chi connectivity index (χ2n) is 4.18. The van der Waals surface area contributed by atoms with Crippen molar-refractivity contribution in [3.8, 4) is 0 Å². The Morgan fingerprint density at radius 1 is 1.25 bits per heavy atom. The van der Waals surface area contributed by atoms with Crippen molar-refractivity contribution in [1.82, 2.24) is 0 Å². The van der Waals surface area contributed by atoms with Gasteiger partial charge in [0.2, 0.25) is 0 Å². The molecule has 0 saturated heterocycles. The van der Waals surface area contributed by atoms with Gasteiger partial charge >= 0.3 is 12.3 Å². The summed E-state index contributed by atoms with van der Waals surface area (Å²) in [6.45, 7) is -1.27. The highest BCUT2D eigenvalue weighted by atomic mass is 19.3. The molecule has 0 spiro atoms. The van der Waals surface area contributed by atoms with Crippen molar-refractivity contribution in [3.63, 3.8) is 0 Å². The molecule has 0 saturated carbocycles. The van der Waals surface area contributed by atoms with E-state index in [0.29, 0.717) is 0 Å². The van der Waals surface area contributed by atoms with E-state index in [1.54, 1.807) is 0 Å². The minimum absolute atomic E-state index is 0.0401. The van der Waals surface area contributed by atoms with Crippen LogP contribution in [0.15, 0.2) is 12.1 Å². The summed E-state index contributed by atoms with van der Waals surface area (Å²) < 4.78 is 79.8. The Morgan fingerprint density at radius 2 is 1.85 bits per heavy atom. The molecule has 20 heavy (non-hydrogen) atoms. The van der Waals surface area contributed by atoms with Crippen LogP contribution in [0, 0.1) is 18.6 Å². The van der Waals surface area contributed by atoms with Crippen LogP contribution in [-0.4, -0.2) is 30.7 Å². The fraction of sp³-hybridized carbons (Fsp3) is 0.500. The fourth-order valence-electron chi connectivity index (χ4n) is 1.44. The third-order valence-corrected chi connectivity index (χ3v) is 2.54. The topological polar surface area (TPSA) is 29.5 Å². The predicted octanol–water partition coefficient (Wildman–Crippen LogP) is 3.22. The van der Waals surface area contributed by atoms with Gasteiger partial charge in [-0.25, -0.2) is 17.6 Å². The Labute approximate surface area is 111 Å². The number of ether oxygens (including phenoxy) is 1. The van der Waals surface area contributed by atoms with Gasteiger partial charge in [-0.3, -0.25) is 0 Å². The van der Waals surface area contributed by atoms with Crippen LogP contribution in [0.3, 0.4) is 0 Å². The predicted molar refractivity (Wildman–Crippen MR) is 57.8 cm³/mol. The second kappa shape index (κ2) is 6.45. The van der Waals surface area contributed by atoms with E-state index < -0.39 is 48.9 Å².